The van der Waals surface area contributed by atoms with Crippen molar-refractivity contribution in [3.05, 3.63) is 73.1 Å². The number of nitrogens with zero attached hydrogens (tertiary/aromatic N) is 2. The maximum atomic E-state index is 14.6. The summed E-state index contributed by atoms with van der Waals surface area (Å²) in [4.78, 5) is 19.5. The predicted octanol–water partition coefficient (Wildman–Crippen LogP) is 4.25. The summed E-state index contributed by atoms with van der Waals surface area (Å²) in [6.45, 7) is -3.26. The molecule has 0 aliphatic carbocycles. The molecule has 3 aromatic rings. The zero-order valence-corrected chi connectivity index (χ0v) is 15.7. The molecule has 8 nitrogen and oxygen atoms in total. The van der Waals surface area contributed by atoms with E-state index in [0.717, 1.165) is 12.3 Å². The number of aromatic nitrogens is 2. The summed E-state index contributed by atoms with van der Waals surface area (Å²) in [5.41, 5.74) is -0.552. The molecule has 160 valence electrons. The molecule has 0 fully saturated rings. The minimum atomic E-state index is -3.34. The fourth-order valence-corrected chi connectivity index (χ4v) is 2.11. The van der Waals surface area contributed by atoms with Gasteiger partial charge in [0.15, 0.2) is 11.6 Å². The molecule has 3 N–H and O–H groups in total. The van der Waals surface area contributed by atoms with Crippen LogP contribution in [-0.4, -0.2) is 36.0 Å². The van der Waals surface area contributed by atoms with Gasteiger partial charge >= 0.3 is 0 Å². The van der Waals surface area contributed by atoms with Crippen LogP contribution in [0.3, 0.4) is 0 Å². The van der Waals surface area contributed by atoms with Crippen LogP contribution in [0.4, 0.5) is 33.2 Å². The summed E-state index contributed by atoms with van der Waals surface area (Å²) in [5.74, 6) is -2.67. The molecule has 0 atom stereocenters. The maximum Gasteiger partial charge on any atom is 0.247 e. The molecule has 0 saturated heterocycles. The Labute approximate surface area is 194 Å². The van der Waals surface area contributed by atoms with E-state index < -0.39 is 73.2 Å². The standard InChI is InChI=1S/C22H22FN5O3/c1-3-20(29)25-16-5-4-6-17(13-16)26-21-19(23)14-24-22(28-21)27-15-7-9-18(10-8-15)31-12-11-30-2/h3-10,13-14H,1,11-12H2,2H3,(H,25,29)(H2,24,26,27,28)/i2D3,4D,5D,6D,11D2,12D2,13D. The number of rotatable bonds is 10. The first-order chi connectivity index (χ1) is 19.3. The molecule has 0 saturated carbocycles. The van der Waals surface area contributed by atoms with Crippen molar-refractivity contribution in [2.75, 3.05) is 36.1 Å². The quantitative estimate of drug-likeness (QED) is 0.410. The minimum Gasteiger partial charge on any atom is -0.491 e. The number of nitrogens with one attached hydrogen (secondary N) is 3. The van der Waals surface area contributed by atoms with Crippen molar-refractivity contribution in [1.29, 1.82) is 0 Å². The molecule has 9 heteroatoms. The number of ether oxygens (including phenoxy) is 2. The number of halogens is 1. The fourth-order valence-electron chi connectivity index (χ4n) is 2.11. The summed E-state index contributed by atoms with van der Waals surface area (Å²) in [5, 5.41) is 7.37. The molecule has 0 spiro atoms. The highest BCUT2D eigenvalue weighted by Crippen LogP contribution is 2.23. The largest absolute Gasteiger partial charge is 0.491 e. The topological polar surface area (TPSA) is 97.4 Å². The molecule has 0 aliphatic rings. The maximum absolute atomic E-state index is 14.6. The molecule has 3 rings (SSSR count). The summed E-state index contributed by atoms with van der Waals surface area (Å²) in [6, 6.07) is 2.65. The molecule has 0 bridgehead atoms. The number of anilines is 5. The first-order valence-corrected chi connectivity index (χ1v) is 8.45. The lowest BCUT2D eigenvalue weighted by Crippen LogP contribution is -2.07. The number of hydrogen-bond donors (Lipinski definition) is 3. The average Bonchev–Trinajstić information content (AvgIpc) is 2.89. The number of carbonyl (C=O) groups is 1. The first-order valence-electron chi connectivity index (χ1n) is 13.9. The van der Waals surface area contributed by atoms with Gasteiger partial charge in [0.2, 0.25) is 11.9 Å². The van der Waals surface area contributed by atoms with E-state index in [2.05, 4.69) is 37.2 Å². The second-order valence-corrected chi connectivity index (χ2v) is 5.52. The Bertz CT molecular complexity index is 1510. The number of carbonyl (C=O) groups excluding carboxylic acids is 1. The second kappa shape index (κ2) is 10.7. The third-order valence-corrected chi connectivity index (χ3v) is 3.42. The molecular formula is C22H22FN5O3. The summed E-state index contributed by atoms with van der Waals surface area (Å²) < 4.78 is 108. The number of amides is 1. The van der Waals surface area contributed by atoms with Gasteiger partial charge in [0.1, 0.15) is 12.3 Å². The number of methoxy groups -OCH3 is 1. The van der Waals surface area contributed by atoms with Gasteiger partial charge in [-0.1, -0.05) is 12.6 Å². The van der Waals surface area contributed by atoms with Gasteiger partial charge in [-0.15, -0.1) is 0 Å². The van der Waals surface area contributed by atoms with Crippen LogP contribution in [0.15, 0.2) is 67.3 Å². The Morgan fingerprint density at radius 3 is 2.84 bits per heavy atom. The Hall–Kier alpha value is -3.98. The highest BCUT2D eigenvalue weighted by atomic mass is 19.1. The normalized spacial score (nSPS) is 16.7. The van der Waals surface area contributed by atoms with E-state index >= 15 is 0 Å². The van der Waals surface area contributed by atoms with E-state index in [1.807, 2.05) is 0 Å². The van der Waals surface area contributed by atoms with Crippen molar-refractivity contribution >= 4 is 34.7 Å². The average molecular weight is 435 g/mol. The molecule has 31 heavy (non-hydrogen) atoms. The van der Waals surface area contributed by atoms with Crippen molar-refractivity contribution in [3.63, 3.8) is 0 Å². The molecule has 1 amide bonds. The van der Waals surface area contributed by atoms with Crippen LogP contribution in [-0.2, 0) is 9.53 Å². The fraction of sp³-hybridized carbons (Fsp3) is 0.136. The van der Waals surface area contributed by atoms with E-state index in [-0.39, 0.29) is 17.4 Å². The smallest absolute Gasteiger partial charge is 0.247 e. The van der Waals surface area contributed by atoms with Crippen LogP contribution in [0.1, 0.15) is 15.1 Å². The third-order valence-electron chi connectivity index (χ3n) is 3.42. The first kappa shape index (κ1) is 11.4. The third kappa shape index (κ3) is 6.51. The van der Waals surface area contributed by atoms with Crippen LogP contribution < -0.4 is 20.7 Å². The molecule has 0 aliphatic heterocycles. The van der Waals surface area contributed by atoms with Gasteiger partial charge in [-0.05, 0) is 48.5 Å². The lowest BCUT2D eigenvalue weighted by molar-refractivity contribution is -0.111. The van der Waals surface area contributed by atoms with Crippen molar-refractivity contribution < 1.29 is 33.7 Å². The van der Waals surface area contributed by atoms with E-state index in [1.54, 1.807) is 0 Å². The molecule has 2 aromatic carbocycles. The van der Waals surface area contributed by atoms with Gasteiger partial charge < -0.3 is 25.4 Å². The summed E-state index contributed by atoms with van der Waals surface area (Å²) in [7, 11) is -3.22. The SMILES string of the molecule is [2H]c1c([2H])c(NC(=O)C=C)c([2H])c(Nc2nc(Nc3ccc(OC([2H])([2H])C([2H])([2H])OC([2H])([2H])[2H])cc3)ncc2F)c1[2H]. The van der Waals surface area contributed by atoms with Crippen LogP contribution in [0.2, 0.25) is 0 Å². The molecule has 0 unspecified atom stereocenters. The predicted molar refractivity (Wildman–Crippen MR) is 118 cm³/mol. The van der Waals surface area contributed by atoms with Gasteiger partial charge in [0.05, 0.1) is 27.8 Å². The Balaban J connectivity index is 1.82. The van der Waals surface area contributed by atoms with Crippen LogP contribution >= 0.6 is 0 Å². The Morgan fingerprint density at radius 2 is 2.06 bits per heavy atom. The van der Waals surface area contributed by atoms with Crippen molar-refractivity contribution in [2.24, 2.45) is 0 Å². The zero-order valence-electron chi connectivity index (χ0n) is 26.7. The van der Waals surface area contributed by atoms with Crippen molar-refractivity contribution in [3.8, 4) is 5.75 Å². The molecule has 1 aromatic heterocycles. The van der Waals surface area contributed by atoms with Gasteiger partial charge in [-0.25, -0.2) is 9.37 Å². The van der Waals surface area contributed by atoms with Crippen LogP contribution in [0, 0.1) is 5.82 Å². The minimum absolute atomic E-state index is 0.188. The Morgan fingerprint density at radius 1 is 1.26 bits per heavy atom. The van der Waals surface area contributed by atoms with Crippen LogP contribution in [0.25, 0.3) is 0 Å². The Kier molecular flexibility index (Phi) is 3.94. The number of hydrogen-bond acceptors (Lipinski definition) is 7. The van der Waals surface area contributed by atoms with E-state index in [0.29, 0.717) is 0 Å². The highest BCUT2D eigenvalue weighted by Gasteiger charge is 2.09. The number of benzene rings is 2. The second-order valence-electron chi connectivity index (χ2n) is 5.52. The van der Waals surface area contributed by atoms with Crippen molar-refractivity contribution in [2.45, 2.75) is 0 Å². The summed E-state index contributed by atoms with van der Waals surface area (Å²) >= 11 is 0. The van der Waals surface area contributed by atoms with Crippen LogP contribution in [0.5, 0.6) is 5.75 Å². The monoisotopic (exact) mass is 434 g/mol. The summed E-state index contributed by atoms with van der Waals surface area (Å²) in [6.07, 6.45) is 1.65. The highest BCUT2D eigenvalue weighted by molar-refractivity contribution is 5.99. The lowest BCUT2D eigenvalue weighted by atomic mass is 10.2. The van der Waals surface area contributed by atoms with Gasteiger partial charge in [0, 0.05) is 24.1 Å². The molecular weight excluding hydrogens is 401 g/mol. The van der Waals surface area contributed by atoms with Gasteiger partial charge in [0.25, 0.3) is 0 Å². The molecule has 1 heterocycles. The van der Waals surface area contributed by atoms with E-state index in [1.165, 1.54) is 24.3 Å². The van der Waals surface area contributed by atoms with Gasteiger partial charge in [-0.3, -0.25) is 4.79 Å². The van der Waals surface area contributed by atoms with Gasteiger partial charge in [-0.2, -0.15) is 4.98 Å². The van der Waals surface area contributed by atoms with Crippen molar-refractivity contribution in [1.82, 2.24) is 9.97 Å². The molecule has 0 radical (unpaired) electrons. The lowest BCUT2D eigenvalue weighted by Gasteiger charge is -2.11. The zero-order chi connectivity index (χ0) is 31.6. The van der Waals surface area contributed by atoms with E-state index in [9.17, 15) is 9.18 Å². The van der Waals surface area contributed by atoms with E-state index in [4.69, 9.17) is 19.8 Å².